The average molecular weight is 203 g/mol. The van der Waals surface area contributed by atoms with Crippen molar-refractivity contribution in [2.45, 2.75) is 6.42 Å². The molecule has 1 nitrogen and oxygen atoms in total. The summed E-state index contributed by atoms with van der Waals surface area (Å²) >= 11 is 9.95. The van der Waals surface area contributed by atoms with Crippen LogP contribution in [0.5, 0.6) is 5.75 Å². The fraction of sp³-hybridized carbons (Fsp3) is 0.333. The monoisotopic (exact) mass is 202 g/mol. The van der Waals surface area contributed by atoms with Crippen LogP contribution < -0.4 is 4.74 Å². The van der Waals surface area contributed by atoms with Crippen LogP contribution in [-0.2, 0) is 6.42 Å². The molecule has 0 aliphatic rings. The van der Waals surface area contributed by atoms with Gasteiger partial charge in [-0.3, -0.25) is 0 Å². The molecule has 3 heteroatoms. The molecule has 0 saturated heterocycles. The summed E-state index contributed by atoms with van der Waals surface area (Å²) in [5.41, 5.74) is 1.15. The normalized spacial score (nSPS) is 9.92. The van der Waals surface area contributed by atoms with E-state index < -0.39 is 0 Å². The second-order valence-electron chi connectivity index (χ2n) is 2.43. The first-order valence-electron chi connectivity index (χ1n) is 3.71. The summed E-state index contributed by atoms with van der Waals surface area (Å²) in [7, 11) is 1.65. The van der Waals surface area contributed by atoms with Gasteiger partial charge in [0, 0.05) is 5.02 Å². The van der Waals surface area contributed by atoms with Crippen LogP contribution in [0.1, 0.15) is 5.56 Å². The van der Waals surface area contributed by atoms with Crippen LogP contribution in [0, 0.1) is 0 Å². The van der Waals surface area contributed by atoms with Crippen LogP contribution in [0.15, 0.2) is 18.2 Å². The van der Waals surface area contributed by atoms with Gasteiger partial charge in [0.2, 0.25) is 0 Å². The van der Waals surface area contributed by atoms with Crippen LogP contribution in [0.4, 0.5) is 0 Å². The first-order valence-corrected chi connectivity index (χ1v) is 4.72. The molecule has 66 valence electrons. The third-order valence-corrected chi connectivity index (χ3v) is 2.09. The Labute approximate surface area is 83.1 Å². The largest absolute Gasteiger partial charge is 0.496 e. The van der Waals surface area contributed by atoms with Crippen LogP contribution in [0.2, 0.25) is 5.02 Å². The summed E-state index contributed by atoms with van der Waals surface area (Å²) in [4.78, 5) is 0. The van der Waals surface area contributed by atoms with E-state index in [1.165, 1.54) is 0 Å². The number of aryl methyl sites for hydroxylation is 1. The van der Waals surface area contributed by atoms with E-state index in [0.29, 0.717) is 5.02 Å². The van der Waals surface area contributed by atoms with Gasteiger partial charge in [0.15, 0.2) is 0 Å². The van der Waals surface area contributed by atoms with Crippen LogP contribution in [0.25, 0.3) is 0 Å². The number of benzene rings is 1. The van der Waals surface area contributed by atoms with Crippen molar-refractivity contribution in [1.82, 2.24) is 0 Å². The molecule has 0 amide bonds. The Morgan fingerprint density at radius 3 is 2.83 bits per heavy atom. The highest BCUT2D eigenvalue weighted by molar-refractivity contribution is 7.80. The Kier molecular flexibility index (Phi) is 3.76. The van der Waals surface area contributed by atoms with Gasteiger partial charge in [-0.25, -0.2) is 0 Å². The van der Waals surface area contributed by atoms with Crippen molar-refractivity contribution < 1.29 is 4.74 Å². The predicted molar refractivity (Wildman–Crippen MR) is 55.6 cm³/mol. The maximum absolute atomic E-state index is 5.80. The molecular weight excluding hydrogens is 192 g/mol. The fourth-order valence-electron chi connectivity index (χ4n) is 1.05. The summed E-state index contributed by atoms with van der Waals surface area (Å²) < 4.78 is 5.16. The minimum atomic E-state index is 0.703. The number of thiol groups is 1. The van der Waals surface area contributed by atoms with Crippen molar-refractivity contribution in [3.63, 3.8) is 0 Å². The molecule has 0 spiro atoms. The quantitative estimate of drug-likeness (QED) is 0.742. The fourth-order valence-corrected chi connectivity index (χ4v) is 1.45. The third-order valence-electron chi connectivity index (χ3n) is 1.63. The first-order chi connectivity index (χ1) is 5.77. The number of hydrogen-bond acceptors (Lipinski definition) is 2. The maximum Gasteiger partial charge on any atom is 0.123 e. The van der Waals surface area contributed by atoms with E-state index in [0.717, 1.165) is 23.5 Å². The highest BCUT2D eigenvalue weighted by Crippen LogP contribution is 2.23. The molecule has 0 aromatic heterocycles. The van der Waals surface area contributed by atoms with Gasteiger partial charge < -0.3 is 4.74 Å². The number of methoxy groups -OCH3 is 1. The van der Waals surface area contributed by atoms with Gasteiger partial charge in [0.1, 0.15) is 5.75 Å². The molecule has 0 heterocycles. The van der Waals surface area contributed by atoms with Crippen molar-refractivity contribution >= 4 is 24.2 Å². The lowest BCUT2D eigenvalue weighted by Crippen LogP contribution is -1.92. The zero-order chi connectivity index (χ0) is 8.97. The molecule has 0 bridgehead atoms. The average Bonchev–Trinajstić information content (AvgIpc) is 2.08. The van der Waals surface area contributed by atoms with Gasteiger partial charge in [-0.2, -0.15) is 12.6 Å². The van der Waals surface area contributed by atoms with Crippen molar-refractivity contribution in [2.24, 2.45) is 0 Å². The molecule has 0 aliphatic carbocycles. The van der Waals surface area contributed by atoms with Crippen molar-refractivity contribution in [1.29, 1.82) is 0 Å². The Morgan fingerprint density at radius 2 is 2.25 bits per heavy atom. The minimum Gasteiger partial charge on any atom is -0.496 e. The highest BCUT2D eigenvalue weighted by atomic mass is 35.5. The van der Waals surface area contributed by atoms with E-state index in [4.69, 9.17) is 16.3 Å². The summed E-state index contributed by atoms with van der Waals surface area (Å²) in [6.07, 6.45) is 0.906. The molecule has 1 aromatic carbocycles. The van der Waals surface area contributed by atoms with Gasteiger partial charge in [-0.15, -0.1) is 0 Å². The van der Waals surface area contributed by atoms with Crippen molar-refractivity contribution in [3.05, 3.63) is 28.8 Å². The Morgan fingerprint density at radius 1 is 1.50 bits per heavy atom. The molecule has 12 heavy (non-hydrogen) atoms. The first kappa shape index (κ1) is 9.75. The summed E-state index contributed by atoms with van der Waals surface area (Å²) in [5, 5.41) is 0.703. The highest BCUT2D eigenvalue weighted by Gasteiger charge is 2.01. The molecule has 0 fully saturated rings. The van der Waals surface area contributed by atoms with Crippen LogP contribution in [-0.4, -0.2) is 12.9 Å². The molecule has 0 saturated carbocycles. The molecule has 1 aromatic rings. The molecule has 1 rings (SSSR count). The van der Waals surface area contributed by atoms with E-state index in [1.54, 1.807) is 7.11 Å². The van der Waals surface area contributed by atoms with Gasteiger partial charge in [0.05, 0.1) is 7.11 Å². The number of halogens is 1. The van der Waals surface area contributed by atoms with Crippen LogP contribution >= 0.6 is 24.2 Å². The van der Waals surface area contributed by atoms with Gasteiger partial charge in [0.25, 0.3) is 0 Å². The minimum absolute atomic E-state index is 0.703. The Hall–Kier alpha value is -0.340. The zero-order valence-electron chi connectivity index (χ0n) is 6.88. The van der Waals surface area contributed by atoms with Crippen molar-refractivity contribution in [3.8, 4) is 5.75 Å². The van der Waals surface area contributed by atoms with E-state index in [9.17, 15) is 0 Å². The molecule has 0 aliphatic heterocycles. The standard InChI is InChI=1S/C9H11ClOS/c1-11-9-6-8(10)3-2-7(9)4-5-12/h2-3,6,12H,4-5H2,1H3. The Bertz CT molecular complexity index is 263. The van der Waals surface area contributed by atoms with Gasteiger partial charge in [-0.1, -0.05) is 17.7 Å². The maximum atomic E-state index is 5.80. The molecule has 0 radical (unpaired) electrons. The number of ether oxygens (including phenoxy) is 1. The lowest BCUT2D eigenvalue weighted by atomic mass is 10.1. The summed E-state index contributed by atoms with van der Waals surface area (Å²) in [6, 6.07) is 5.65. The molecule has 0 N–H and O–H groups in total. The Balaban J connectivity index is 2.94. The predicted octanol–water partition coefficient (Wildman–Crippen LogP) is 2.82. The molecule has 0 atom stereocenters. The lowest BCUT2D eigenvalue weighted by Gasteiger charge is -2.06. The van der Waals surface area contributed by atoms with E-state index in [-0.39, 0.29) is 0 Å². The van der Waals surface area contributed by atoms with E-state index >= 15 is 0 Å². The molecule has 0 unspecified atom stereocenters. The second kappa shape index (κ2) is 4.63. The van der Waals surface area contributed by atoms with Gasteiger partial charge in [-0.05, 0) is 29.9 Å². The zero-order valence-corrected chi connectivity index (χ0v) is 8.53. The van der Waals surface area contributed by atoms with E-state index in [2.05, 4.69) is 12.6 Å². The van der Waals surface area contributed by atoms with Crippen LogP contribution in [0.3, 0.4) is 0 Å². The SMILES string of the molecule is COc1cc(Cl)ccc1CCS. The summed E-state index contributed by atoms with van der Waals surface area (Å²) in [6.45, 7) is 0. The topological polar surface area (TPSA) is 9.23 Å². The van der Waals surface area contributed by atoms with E-state index in [1.807, 2.05) is 18.2 Å². The van der Waals surface area contributed by atoms with Crippen molar-refractivity contribution in [2.75, 3.05) is 12.9 Å². The molecular formula is C9H11ClOS. The van der Waals surface area contributed by atoms with Gasteiger partial charge >= 0.3 is 0 Å². The summed E-state index contributed by atoms with van der Waals surface area (Å²) in [5.74, 6) is 1.66. The third kappa shape index (κ3) is 2.32. The second-order valence-corrected chi connectivity index (χ2v) is 3.31. The number of rotatable bonds is 3. The lowest BCUT2D eigenvalue weighted by molar-refractivity contribution is 0.410. The smallest absolute Gasteiger partial charge is 0.123 e. The number of hydrogen-bond donors (Lipinski definition) is 1.